The fourth-order valence-corrected chi connectivity index (χ4v) is 4.98. The molecule has 0 aliphatic carbocycles. The van der Waals surface area contributed by atoms with Crippen LogP contribution in [0.5, 0.6) is 0 Å². The summed E-state index contributed by atoms with van der Waals surface area (Å²) in [5.41, 5.74) is 13.4. The summed E-state index contributed by atoms with van der Waals surface area (Å²) in [6.45, 7) is 7.22. The number of nitrogens with two attached hydrogens (primary N) is 1. The molecule has 5 aromatic rings. The van der Waals surface area contributed by atoms with Crippen molar-refractivity contribution in [2.24, 2.45) is 0 Å². The molecule has 0 aliphatic heterocycles. The smallest absolute Gasteiger partial charge is 0.147 e. The van der Waals surface area contributed by atoms with Gasteiger partial charge < -0.3 is 15.6 Å². The van der Waals surface area contributed by atoms with Gasteiger partial charge in [0.25, 0.3) is 0 Å². The molecule has 0 saturated carbocycles. The van der Waals surface area contributed by atoms with Crippen molar-refractivity contribution in [1.29, 1.82) is 0 Å². The number of aryl methyl sites for hydroxylation is 3. The second-order valence-electron chi connectivity index (χ2n) is 9.24. The Morgan fingerprint density at radius 1 is 0.917 bits per heavy atom. The molecule has 5 nitrogen and oxygen atoms in total. The van der Waals surface area contributed by atoms with Crippen LogP contribution in [0, 0.1) is 26.6 Å². The van der Waals surface area contributed by atoms with Gasteiger partial charge in [0.05, 0.1) is 5.52 Å². The van der Waals surface area contributed by atoms with Gasteiger partial charge in [0.1, 0.15) is 23.3 Å². The van der Waals surface area contributed by atoms with Crippen molar-refractivity contribution in [3.05, 3.63) is 107 Å². The van der Waals surface area contributed by atoms with E-state index < -0.39 is 0 Å². The van der Waals surface area contributed by atoms with E-state index in [4.69, 9.17) is 10.7 Å². The van der Waals surface area contributed by atoms with Crippen LogP contribution in [-0.2, 0) is 13.0 Å². The van der Waals surface area contributed by atoms with E-state index >= 15 is 0 Å². The first-order valence-corrected chi connectivity index (χ1v) is 12.2. The molecule has 36 heavy (non-hydrogen) atoms. The van der Waals surface area contributed by atoms with E-state index in [1.54, 1.807) is 0 Å². The van der Waals surface area contributed by atoms with Gasteiger partial charge in [0.2, 0.25) is 0 Å². The van der Waals surface area contributed by atoms with Crippen LogP contribution in [0.15, 0.2) is 72.8 Å². The maximum Gasteiger partial charge on any atom is 0.147 e. The first kappa shape index (κ1) is 23.5. The van der Waals surface area contributed by atoms with Gasteiger partial charge in [-0.25, -0.2) is 14.4 Å². The van der Waals surface area contributed by atoms with Gasteiger partial charge in [0, 0.05) is 30.2 Å². The molecule has 0 radical (unpaired) electrons. The topological polar surface area (TPSA) is 70.8 Å². The third-order valence-electron chi connectivity index (χ3n) is 6.69. The average Bonchev–Trinajstić information content (AvgIpc) is 3.21. The lowest BCUT2D eigenvalue weighted by atomic mass is 9.99. The highest BCUT2D eigenvalue weighted by molar-refractivity contribution is 5.88. The number of H-pyrrole nitrogens is 1. The number of hydrogen-bond acceptors (Lipinski definition) is 4. The number of nitrogens with zero attached hydrogens (tertiary/aromatic N) is 3. The number of hydrogen-bond donors (Lipinski definition) is 2. The molecule has 2 aromatic heterocycles. The summed E-state index contributed by atoms with van der Waals surface area (Å²) in [4.78, 5) is 14.5. The summed E-state index contributed by atoms with van der Waals surface area (Å²) in [5, 5.41) is 0.968. The lowest BCUT2D eigenvalue weighted by molar-refractivity contribution is 0.637. The number of nitrogens with one attached hydrogen (secondary N) is 1. The molecular weight excluding hydrogens is 449 g/mol. The highest BCUT2D eigenvalue weighted by atomic mass is 19.1. The Hall–Kier alpha value is -4.19. The second kappa shape index (κ2) is 9.82. The van der Waals surface area contributed by atoms with Crippen molar-refractivity contribution in [3.8, 4) is 11.1 Å². The predicted octanol–water partition coefficient (Wildman–Crippen LogP) is 6.52. The van der Waals surface area contributed by atoms with E-state index in [1.165, 1.54) is 22.8 Å². The second-order valence-corrected chi connectivity index (χ2v) is 9.24. The van der Waals surface area contributed by atoms with Gasteiger partial charge in [-0.3, -0.25) is 0 Å². The van der Waals surface area contributed by atoms with E-state index in [0.717, 1.165) is 34.4 Å². The van der Waals surface area contributed by atoms with Crippen molar-refractivity contribution < 1.29 is 4.39 Å². The van der Waals surface area contributed by atoms with Gasteiger partial charge in [-0.2, -0.15) is 0 Å². The van der Waals surface area contributed by atoms with Crippen molar-refractivity contribution in [2.45, 2.75) is 33.7 Å². The standard InChI is InChI=1S/C30H30FN5/c1-19-13-14-26(31)30-29(19)24(20(2)33-30)15-16-36(28-17-27(32)34-21(3)35-28)18-23-11-7-8-12-25(23)22-9-5-4-6-10-22/h4-14,17,33H,15-16,18H2,1-3H3,(H2,32,34,35). The molecular formula is C30H30FN5. The number of halogens is 1. The molecule has 0 saturated heterocycles. The molecule has 0 aliphatic rings. The van der Waals surface area contributed by atoms with Gasteiger partial charge in [-0.1, -0.05) is 60.7 Å². The molecule has 182 valence electrons. The lowest BCUT2D eigenvalue weighted by Gasteiger charge is -2.26. The zero-order chi connectivity index (χ0) is 25.2. The summed E-state index contributed by atoms with van der Waals surface area (Å²) >= 11 is 0. The number of fused-ring (bicyclic) bond motifs is 1. The number of rotatable bonds is 7. The van der Waals surface area contributed by atoms with Crippen molar-refractivity contribution in [2.75, 3.05) is 17.2 Å². The molecule has 3 N–H and O–H groups in total. The predicted molar refractivity (Wildman–Crippen MR) is 146 cm³/mol. The number of aromatic nitrogens is 3. The maximum absolute atomic E-state index is 14.5. The zero-order valence-corrected chi connectivity index (χ0v) is 20.8. The normalized spacial score (nSPS) is 11.2. The fourth-order valence-electron chi connectivity index (χ4n) is 4.98. The van der Waals surface area contributed by atoms with Gasteiger partial charge >= 0.3 is 0 Å². The minimum Gasteiger partial charge on any atom is -0.384 e. The highest BCUT2D eigenvalue weighted by Gasteiger charge is 2.18. The Balaban J connectivity index is 1.53. The first-order chi connectivity index (χ1) is 17.4. The van der Waals surface area contributed by atoms with Crippen LogP contribution in [0.4, 0.5) is 16.0 Å². The average molecular weight is 480 g/mol. The van der Waals surface area contributed by atoms with Crippen LogP contribution >= 0.6 is 0 Å². The van der Waals surface area contributed by atoms with E-state index in [2.05, 4.69) is 63.4 Å². The van der Waals surface area contributed by atoms with Crippen molar-refractivity contribution in [3.63, 3.8) is 0 Å². The zero-order valence-electron chi connectivity index (χ0n) is 20.8. The van der Waals surface area contributed by atoms with Crippen LogP contribution in [0.3, 0.4) is 0 Å². The van der Waals surface area contributed by atoms with Crippen LogP contribution in [0.2, 0.25) is 0 Å². The first-order valence-electron chi connectivity index (χ1n) is 12.2. The van der Waals surface area contributed by atoms with Crippen LogP contribution in [-0.4, -0.2) is 21.5 Å². The number of nitrogen functional groups attached to an aromatic ring is 1. The number of aromatic amines is 1. The van der Waals surface area contributed by atoms with E-state index in [0.29, 0.717) is 30.2 Å². The minimum atomic E-state index is -0.224. The number of anilines is 2. The molecule has 0 bridgehead atoms. The molecule has 0 fully saturated rings. The molecule has 0 spiro atoms. The molecule has 2 heterocycles. The Labute approximate surface area is 210 Å². The summed E-state index contributed by atoms with van der Waals surface area (Å²) in [6, 6.07) is 24.0. The van der Waals surface area contributed by atoms with Gasteiger partial charge in [0.15, 0.2) is 0 Å². The molecule has 0 unspecified atom stereocenters. The summed E-state index contributed by atoms with van der Waals surface area (Å²) in [7, 11) is 0. The Morgan fingerprint density at radius 3 is 2.44 bits per heavy atom. The third kappa shape index (κ3) is 4.67. The largest absolute Gasteiger partial charge is 0.384 e. The van der Waals surface area contributed by atoms with E-state index in [-0.39, 0.29) is 5.82 Å². The monoisotopic (exact) mass is 479 g/mol. The Kier molecular flexibility index (Phi) is 6.42. The van der Waals surface area contributed by atoms with E-state index in [9.17, 15) is 4.39 Å². The lowest BCUT2D eigenvalue weighted by Crippen LogP contribution is -2.27. The summed E-state index contributed by atoms with van der Waals surface area (Å²) in [5.74, 6) is 1.63. The molecule has 5 rings (SSSR count). The van der Waals surface area contributed by atoms with Crippen LogP contribution < -0.4 is 10.6 Å². The minimum absolute atomic E-state index is 0.224. The van der Waals surface area contributed by atoms with Crippen molar-refractivity contribution >= 4 is 22.5 Å². The fraction of sp³-hybridized carbons (Fsp3) is 0.200. The van der Waals surface area contributed by atoms with E-state index in [1.807, 2.05) is 39.0 Å². The molecule has 6 heteroatoms. The Bertz CT molecular complexity index is 1500. The molecule has 0 amide bonds. The molecule has 0 atom stereocenters. The summed E-state index contributed by atoms with van der Waals surface area (Å²) < 4.78 is 14.5. The van der Waals surface area contributed by atoms with Gasteiger partial charge in [-0.05, 0) is 61.1 Å². The number of benzene rings is 3. The third-order valence-corrected chi connectivity index (χ3v) is 6.69. The summed E-state index contributed by atoms with van der Waals surface area (Å²) in [6.07, 6.45) is 0.729. The highest BCUT2D eigenvalue weighted by Crippen LogP contribution is 2.30. The molecule has 3 aromatic carbocycles. The maximum atomic E-state index is 14.5. The van der Waals surface area contributed by atoms with Crippen LogP contribution in [0.25, 0.3) is 22.0 Å². The van der Waals surface area contributed by atoms with Gasteiger partial charge in [-0.15, -0.1) is 0 Å². The van der Waals surface area contributed by atoms with Crippen LogP contribution in [0.1, 0.15) is 28.2 Å². The quantitative estimate of drug-likeness (QED) is 0.279. The Morgan fingerprint density at radius 2 is 1.67 bits per heavy atom. The SMILES string of the molecule is Cc1nc(N)cc(N(CCc2c(C)[nH]c3c(F)ccc(C)c23)Cc2ccccc2-c2ccccc2)n1. The van der Waals surface area contributed by atoms with Crippen molar-refractivity contribution in [1.82, 2.24) is 15.0 Å².